The number of unbranched alkanes of at least 4 members (excludes halogenated alkanes) is 1. The van der Waals surface area contributed by atoms with E-state index in [1.165, 1.54) is 7.11 Å². The lowest BCUT2D eigenvalue weighted by Gasteiger charge is -2.23. The molecule has 0 fully saturated rings. The number of nitrogens with one attached hydrogen (secondary N) is 2. The van der Waals surface area contributed by atoms with E-state index in [1.807, 2.05) is 20.8 Å². The predicted molar refractivity (Wildman–Crippen MR) is 111 cm³/mol. The van der Waals surface area contributed by atoms with Crippen LogP contribution in [0.2, 0.25) is 5.02 Å². The van der Waals surface area contributed by atoms with Crippen molar-refractivity contribution in [2.24, 2.45) is 5.92 Å². The van der Waals surface area contributed by atoms with Crippen LogP contribution in [0.5, 0.6) is 0 Å². The number of amides is 2. The monoisotopic (exact) mass is 426 g/mol. The number of ether oxygens (including phenoxy) is 2. The number of methoxy groups -OCH3 is 1. The third-order valence-electron chi connectivity index (χ3n) is 4.25. The summed E-state index contributed by atoms with van der Waals surface area (Å²) in [5.74, 6) is -0.788. The van der Waals surface area contributed by atoms with Gasteiger partial charge in [0.25, 0.3) is 0 Å². The van der Waals surface area contributed by atoms with Crippen molar-refractivity contribution >= 4 is 29.6 Å². The molecular formula is C21H31ClN2O5. The summed E-state index contributed by atoms with van der Waals surface area (Å²) >= 11 is 5.83. The van der Waals surface area contributed by atoms with Crippen molar-refractivity contribution in [3.8, 4) is 0 Å². The highest BCUT2D eigenvalue weighted by Gasteiger charge is 2.27. The number of halogens is 1. The third kappa shape index (κ3) is 9.65. The molecular weight excluding hydrogens is 396 g/mol. The van der Waals surface area contributed by atoms with Crippen molar-refractivity contribution in [3.63, 3.8) is 0 Å². The van der Waals surface area contributed by atoms with Gasteiger partial charge in [-0.05, 0) is 36.5 Å². The second-order valence-corrected chi connectivity index (χ2v) is 7.69. The van der Waals surface area contributed by atoms with E-state index in [0.717, 1.165) is 18.4 Å². The molecule has 0 aliphatic rings. The Morgan fingerprint density at radius 2 is 1.72 bits per heavy atom. The van der Waals surface area contributed by atoms with Crippen molar-refractivity contribution in [1.29, 1.82) is 0 Å². The molecule has 0 unspecified atom stereocenters. The van der Waals surface area contributed by atoms with Crippen LogP contribution in [0.25, 0.3) is 0 Å². The minimum absolute atomic E-state index is 0.0559. The van der Waals surface area contributed by atoms with Crippen LogP contribution in [0.4, 0.5) is 4.79 Å². The molecule has 2 N–H and O–H groups in total. The molecule has 2 amide bonds. The highest BCUT2D eigenvalue weighted by molar-refractivity contribution is 6.30. The molecule has 2 atom stereocenters. The molecule has 0 radical (unpaired) electrons. The predicted octanol–water partition coefficient (Wildman–Crippen LogP) is 3.83. The lowest BCUT2D eigenvalue weighted by molar-refractivity contribution is -0.145. The molecule has 8 heteroatoms. The van der Waals surface area contributed by atoms with Gasteiger partial charge in [0, 0.05) is 5.02 Å². The van der Waals surface area contributed by atoms with Gasteiger partial charge in [-0.1, -0.05) is 57.3 Å². The second kappa shape index (κ2) is 13.0. The van der Waals surface area contributed by atoms with Gasteiger partial charge in [0.15, 0.2) is 0 Å². The van der Waals surface area contributed by atoms with Gasteiger partial charge in [-0.25, -0.2) is 9.59 Å². The van der Waals surface area contributed by atoms with E-state index in [-0.39, 0.29) is 12.5 Å². The van der Waals surface area contributed by atoms with Crippen molar-refractivity contribution < 1.29 is 23.9 Å². The Hall–Kier alpha value is -2.28. The number of carbonyl (C=O) groups is 3. The van der Waals surface area contributed by atoms with E-state index in [2.05, 4.69) is 10.6 Å². The Morgan fingerprint density at radius 3 is 2.28 bits per heavy atom. The van der Waals surface area contributed by atoms with Crippen molar-refractivity contribution in [2.75, 3.05) is 7.11 Å². The van der Waals surface area contributed by atoms with Crippen LogP contribution in [-0.4, -0.2) is 37.2 Å². The first kappa shape index (κ1) is 24.8. The maximum absolute atomic E-state index is 12.7. The van der Waals surface area contributed by atoms with Crippen LogP contribution in [0.15, 0.2) is 24.3 Å². The summed E-state index contributed by atoms with van der Waals surface area (Å²) < 4.78 is 9.98. The molecule has 1 aromatic carbocycles. The van der Waals surface area contributed by atoms with E-state index in [4.69, 9.17) is 21.1 Å². The summed E-state index contributed by atoms with van der Waals surface area (Å²) in [6.07, 6.45) is 1.83. The van der Waals surface area contributed by atoms with Crippen LogP contribution >= 0.6 is 11.6 Å². The maximum Gasteiger partial charge on any atom is 0.408 e. The fraction of sp³-hybridized carbons (Fsp3) is 0.571. The summed E-state index contributed by atoms with van der Waals surface area (Å²) in [6.45, 7) is 5.93. The van der Waals surface area contributed by atoms with E-state index in [0.29, 0.717) is 17.9 Å². The van der Waals surface area contributed by atoms with Crippen molar-refractivity contribution in [1.82, 2.24) is 10.6 Å². The van der Waals surface area contributed by atoms with Gasteiger partial charge in [0.05, 0.1) is 7.11 Å². The summed E-state index contributed by atoms with van der Waals surface area (Å²) in [7, 11) is 1.28. The summed E-state index contributed by atoms with van der Waals surface area (Å²) in [4.78, 5) is 36.9. The molecule has 0 saturated heterocycles. The molecule has 0 spiro atoms. The number of carbonyl (C=O) groups excluding carboxylic acids is 3. The molecule has 0 saturated carbocycles. The van der Waals surface area contributed by atoms with Gasteiger partial charge in [-0.3, -0.25) is 4.79 Å². The number of hydrogen-bond acceptors (Lipinski definition) is 5. The van der Waals surface area contributed by atoms with E-state index >= 15 is 0 Å². The Bertz CT molecular complexity index is 664. The third-order valence-corrected chi connectivity index (χ3v) is 4.50. The van der Waals surface area contributed by atoms with E-state index < -0.39 is 30.1 Å². The Balaban J connectivity index is 2.70. The Labute approximate surface area is 177 Å². The molecule has 162 valence electrons. The normalized spacial score (nSPS) is 12.8. The number of benzene rings is 1. The number of hydrogen-bond donors (Lipinski definition) is 2. The number of esters is 1. The molecule has 0 bridgehead atoms. The van der Waals surface area contributed by atoms with Crippen molar-refractivity contribution in [2.45, 2.75) is 65.1 Å². The zero-order chi connectivity index (χ0) is 21.8. The first-order chi connectivity index (χ1) is 13.8. The zero-order valence-electron chi connectivity index (χ0n) is 17.5. The highest BCUT2D eigenvalue weighted by Crippen LogP contribution is 2.11. The zero-order valence-corrected chi connectivity index (χ0v) is 18.3. The minimum atomic E-state index is -0.818. The lowest BCUT2D eigenvalue weighted by Crippen LogP contribution is -2.52. The fourth-order valence-electron chi connectivity index (χ4n) is 2.69. The van der Waals surface area contributed by atoms with Gasteiger partial charge in [0.1, 0.15) is 18.7 Å². The quantitative estimate of drug-likeness (QED) is 0.524. The van der Waals surface area contributed by atoms with Crippen molar-refractivity contribution in [3.05, 3.63) is 34.9 Å². The maximum atomic E-state index is 12.7. The second-order valence-electron chi connectivity index (χ2n) is 7.26. The minimum Gasteiger partial charge on any atom is -0.467 e. The van der Waals surface area contributed by atoms with Gasteiger partial charge >= 0.3 is 12.1 Å². The smallest absolute Gasteiger partial charge is 0.408 e. The average Bonchev–Trinajstić information content (AvgIpc) is 2.69. The topological polar surface area (TPSA) is 93.7 Å². The fourth-order valence-corrected chi connectivity index (χ4v) is 2.81. The van der Waals surface area contributed by atoms with Gasteiger partial charge in [0.2, 0.25) is 5.91 Å². The molecule has 1 rings (SSSR count). The summed E-state index contributed by atoms with van der Waals surface area (Å²) in [5, 5.41) is 5.88. The van der Waals surface area contributed by atoms with Crippen LogP contribution in [0.3, 0.4) is 0 Å². The van der Waals surface area contributed by atoms with Crippen LogP contribution in [0, 0.1) is 5.92 Å². The Kier molecular flexibility index (Phi) is 11.1. The molecule has 1 aromatic rings. The molecule has 0 heterocycles. The van der Waals surface area contributed by atoms with Gasteiger partial charge in [-0.15, -0.1) is 0 Å². The lowest BCUT2D eigenvalue weighted by atomic mass is 10.0. The van der Waals surface area contributed by atoms with Gasteiger partial charge in [-0.2, -0.15) is 0 Å². The number of rotatable bonds is 11. The largest absolute Gasteiger partial charge is 0.467 e. The van der Waals surface area contributed by atoms with Crippen LogP contribution in [-0.2, 0) is 25.7 Å². The summed E-state index contributed by atoms with van der Waals surface area (Å²) in [6, 6.07) is 5.36. The molecule has 7 nitrogen and oxygen atoms in total. The standard InChI is InChI=1S/C21H31ClN2O5/c1-5-6-7-17(20(26)28-4)23-19(25)18(12-14(2)3)24-21(27)29-13-15-8-10-16(22)11-9-15/h8-11,14,17-18H,5-7,12-13H2,1-4H3,(H,23,25)(H,24,27)/t17-,18-/m0/s1. The molecule has 29 heavy (non-hydrogen) atoms. The first-order valence-electron chi connectivity index (χ1n) is 9.82. The van der Waals surface area contributed by atoms with Crippen LogP contribution < -0.4 is 10.6 Å². The summed E-state index contributed by atoms with van der Waals surface area (Å²) in [5.41, 5.74) is 0.778. The Morgan fingerprint density at radius 1 is 1.07 bits per heavy atom. The van der Waals surface area contributed by atoms with Gasteiger partial charge < -0.3 is 20.1 Å². The van der Waals surface area contributed by atoms with E-state index in [9.17, 15) is 14.4 Å². The first-order valence-corrected chi connectivity index (χ1v) is 10.2. The highest BCUT2D eigenvalue weighted by atomic mass is 35.5. The average molecular weight is 427 g/mol. The molecule has 0 aromatic heterocycles. The molecule has 0 aliphatic heterocycles. The van der Waals surface area contributed by atoms with E-state index in [1.54, 1.807) is 24.3 Å². The SMILES string of the molecule is CCCC[C@H](NC(=O)[C@H](CC(C)C)NC(=O)OCc1ccc(Cl)cc1)C(=O)OC. The number of alkyl carbamates (subject to hydrolysis) is 1. The van der Waals surface area contributed by atoms with Crippen LogP contribution in [0.1, 0.15) is 52.0 Å². The molecule has 0 aliphatic carbocycles.